The molecule has 0 heterocycles. The molecule has 0 spiro atoms. The monoisotopic (exact) mass is 262 g/mol. The van der Waals surface area contributed by atoms with Gasteiger partial charge in [-0.2, -0.15) is 11.8 Å². The fourth-order valence-electron chi connectivity index (χ4n) is 1.27. The third kappa shape index (κ3) is 5.93. The average molecular weight is 262 g/mol. The molecule has 100 valence electrons. The van der Waals surface area contributed by atoms with Crippen molar-refractivity contribution in [1.29, 1.82) is 0 Å². The van der Waals surface area contributed by atoms with Crippen LogP contribution in [0.2, 0.25) is 0 Å². The zero-order valence-corrected chi connectivity index (χ0v) is 11.6. The molecule has 0 saturated heterocycles. The molecule has 0 aliphatic carbocycles. The van der Waals surface area contributed by atoms with E-state index in [0.717, 1.165) is 5.75 Å². The Kier molecular flexibility index (Phi) is 6.56. The summed E-state index contributed by atoms with van der Waals surface area (Å²) in [4.78, 5) is 22.8. The maximum Gasteiger partial charge on any atom is 0.326 e. The second-order valence-corrected chi connectivity index (χ2v) is 6.02. The highest BCUT2D eigenvalue weighted by Gasteiger charge is 2.33. The standard InChI is InChI=1S/C11H22N2O3S/c1-11(2,3)8(10(15)16)13-9(14)7(12)5-6-17-4/h7-8H,5-6,12H2,1-4H3,(H,13,14)(H,15,16)/t7-,8?/m1/s1. The second-order valence-electron chi connectivity index (χ2n) is 5.03. The SMILES string of the molecule is CSCC[C@@H](N)C(=O)NC(C(=O)O)C(C)(C)C. The van der Waals surface area contributed by atoms with Gasteiger partial charge in [-0.1, -0.05) is 20.8 Å². The van der Waals surface area contributed by atoms with Gasteiger partial charge < -0.3 is 16.2 Å². The van der Waals surface area contributed by atoms with Gasteiger partial charge in [-0.05, 0) is 23.8 Å². The summed E-state index contributed by atoms with van der Waals surface area (Å²) in [5.74, 6) is -0.661. The molecule has 4 N–H and O–H groups in total. The molecular formula is C11H22N2O3S. The van der Waals surface area contributed by atoms with Crippen LogP contribution in [0.1, 0.15) is 27.2 Å². The minimum absolute atomic E-state index is 0.402. The predicted octanol–water partition coefficient (Wildman–Crippen LogP) is 0.682. The molecule has 0 aliphatic heterocycles. The fourth-order valence-corrected chi connectivity index (χ4v) is 1.76. The van der Waals surface area contributed by atoms with Crippen LogP contribution < -0.4 is 11.1 Å². The molecule has 0 saturated carbocycles. The predicted molar refractivity (Wildman–Crippen MR) is 70.0 cm³/mol. The first-order valence-corrected chi connectivity index (χ1v) is 6.87. The highest BCUT2D eigenvalue weighted by Crippen LogP contribution is 2.19. The second kappa shape index (κ2) is 6.86. The summed E-state index contributed by atoms with van der Waals surface area (Å²) in [6.07, 6.45) is 2.48. The Labute approximate surface area is 107 Å². The number of carbonyl (C=O) groups is 2. The van der Waals surface area contributed by atoms with Gasteiger partial charge >= 0.3 is 5.97 Å². The fraction of sp³-hybridized carbons (Fsp3) is 0.818. The summed E-state index contributed by atoms with van der Waals surface area (Å²) in [5.41, 5.74) is 5.14. The van der Waals surface area contributed by atoms with Gasteiger partial charge in [0.1, 0.15) is 6.04 Å². The van der Waals surface area contributed by atoms with Crippen molar-refractivity contribution in [3.8, 4) is 0 Å². The van der Waals surface area contributed by atoms with Gasteiger partial charge in [-0.15, -0.1) is 0 Å². The Bertz CT molecular complexity index is 276. The summed E-state index contributed by atoms with van der Waals surface area (Å²) < 4.78 is 0. The number of carboxylic acids is 1. The first kappa shape index (κ1) is 16.2. The lowest BCUT2D eigenvalue weighted by molar-refractivity contribution is -0.145. The topological polar surface area (TPSA) is 92.4 Å². The molecule has 1 unspecified atom stereocenters. The Hall–Kier alpha value is -0.750. The van der Waals surface area contributed by atoms with Crippen LogP contribution >= 0.6 is 11.8 Å². The van der Waals surface area contributed by atoms with E-state index >= 15 is 0 Å². The van der Waals surface area contributed by atoms with E-state index in [9.17, 15) is 9.59 Å². The van der Waals surface area contributed by atoms with Crippen LogP contribution in [0.3, 0.4) is 0 Å². The molecule has 0 bridgehead atoms. The van der Waals surface area contributed by atoms with Gasteiger partial charge in [0.25, 0.3) is 0 Å². The van der Waals surface area contributed by atoms with Gasteiger partial charge in [0.15, 0.2) is 0 Å². The Morgan fingerprint density at radius 2 is 1.94 bits per heavy atom. The molecule has 0 fully saturated rings. The van der Waals surface area contributed by atoms with Gasteiger partial charge in [-0.3, -0.25) is 4.79 Å². The molecule has 0 aromatic rings. The van der Waals surface area contributed by atoms with E-state index in [1.807, 2.05) is 6.26 Å². The molecule has 0 aromatic heterocycles. The third-order valence-corrected chi connectivity index (χ3v) is 3.01. The quantitative estimate of drug-likeness (QED) is 0.654. The maximum absolute atomic E-state index is 11.7. The van der Waals surface area contributed by atoms with Crippen molar-refractivity contribution in [2.75, 3.05) is 12.0 Å². The van der Waals surface area contributed by atoms with Crippen molar-refractivity contribution < 1.29 is 14.7 Å². The van der Waals surface area contributed by atoms with E-state index in [0.29, 0.717) is 6.42 Å². The van der Waals surface area contributed by atoms with Crippen molar-refractivity contribution in [3.63, 3.8) is 0 Å². The van der Waals surface area contributed by atoms with E-state index in [4.69, 9.17) is 10.8 Å². The number of carboxylic acid groups (broad SMARTS) is 1. The van der Waals surface area contributed by atoms with Crippen molar-refractivity contribution in [3.05, 3.63) is 0 Å². The molecular weight excluding hydrogens is 240 g/mol. The van der Waals surface area contributed by atoms with Gasteiger partial charge in [-0.25, -0.2) is 4.79 Å². The number of amides is 1. The largest absolute Gasteiger partial charge is 0.480 e. The van der Waals surface area contributed by atoms with Crippen LogP contribution in [0.25, 0.3) is 0 Å². The summed E-state index contributed by atoms with van der Waals surface area (Å²) in [6, 6.07) is -1.57. The molecule has 0 radical (unpaired) electrons. The summed E-state index contributed by atoms with van der Waals surface area (Å²) in [5, 5.41) is 11.5. The molecule has 17 heavy (non-hydrogen) atoms. The number of hydrogen-bond acceptors (Lipinski definition) is 4. The number of nitrogens with one attached hydrogen (secondary N) is 1. The maximum atomic E-state index is 11.7. The lowest BCUT2D eigenvalue weighted by Crippen LogP contribution is -2.53. The molecule has 5 nitrogen and oxygen atoms in total. The van der Waals surface area contributed by atoms with Crippen LogP contribution in [0, 0.1) is 5.41 Å². The number of hydrogen-bond donors (Lipinski definition) is 3. The summed E-state index contributed by atoms with van der Waals surface area (Å²) in [7, 11) is 0. The first-order valence-electron chi connectivity index (χ1n) is 5.48. The number of aliphatic carboxylic acids is 1. The Balaban J connectivity index is 4.47. The molecule has 0 aliphatic rings. The lowest BCUT2D eigenvalue weighted by atomic mass is 9.86. The number of nitrogens with two attached hydrogens (primary N) is 1. The third-order valence-electron chi connectivity index (χ3n) is 2.37. The van der Waals surface area contributed by atoms with Gasteiger partial charge in [0.05, 0.1) is 6.04 Å². The average Bonchev–Trinajstić information content (AvgIpc) is 2.19. The summed E-state index contributed by atoms with van der Waals surface area (Å²) in [6.45, 7) is 5.29. The summed E-state index contributed by atoms with van der Waals surface area (Å²) >= 11 is 1.60. The van der Waals surface area contributed by atoms with Gasteiger partial charge in [0, 0.05) is 0 Å². The number of thioether (sulfide) groups is 1. The van der Waals surface area contributed by atoms with Crippen LogP contribution in [0.5, 0.6) is 0 Å². The van der Waals surface area contributed by atoms with E-state index in [2.05, 4.69) is 5.32 Å². The van der Waals surface area contributed by atoms with Crippen molar-refractivity contribution >= 4 is 23.6 Å². The highest BCUT2D eigenvalue weighted by atomic mass is 32.2. The van der Waals surface area contributed by atoms with Crippen molar-refractivity contribution in [1.82, 2.24) is 5.32 Å². The van der Waals surface area contributed by atoms with E-state index in [1.165, 1.54) is 0 Å². The van der Waals surface area contributed by atoms with E-state index in [-0.39, 0.29) is 0 Å². The highest BCUT2D eigenvalue weighted by molar-refractivity contribution is 7.98. The minimum atomic E-state index is -1.04. The molecule has 0 aromatic carbocycles. The first-order chi connectivity index (χ1) is 7.70. The molecule has 6 heteroatoms. The lowest BCUT2D eigenvalue weighted by Gasteiger charge is -2.28. The van der Waals surface area contributed by atoms with Crippen LogP contribution in [0.4, 0.5) is 0 Å². The normalized spacial score (nSPS) is 15.1. The molecule has 2 atom stereocenters. The minimum Gasteiger partial charge on any atom is -0.480 e. The van der Waals surface area contributed by atoms with Crippen LogP contribution in [0.15, 0.2) is 0 Å². The molecule has 0 rings (SSSR count). The van der Waals surface area contributed by atoms with E-state index < -0.39 is 29.4 Å². The molecule has 1 amide bonds. The number of rotatable bonds is 6. The zero-order chi connectivity index (χ0) is 13.6. The van der Waals surface area contributed by atoms with Gasteiger partial charge in [0.2, 0.25) is 5.91 Å². The van der Waals surface area contributed by atoms with Crippen LogP contribution in [-0.4, -0.2) is 41.1 Å². The van der Waals surface area contributed by atoms with Crippen LogP contribution in [-0.2, 0) is 9.59 Å². The van der Waals surface area contributed by atoms with E-state index in [1.54, 1.807) is 32.5 Å². The smallest absolute Gasteiger partial charge is 0.326 e. The zero-order valence-electron chi connectivity index (χ0n) is 10.8. The van der Waals surface area contributed by atoms with Crippen molar-refractivity contribution in [2.24, 2.45) is 11.1 Å². The number of carbonyl (C=O) groups excluding carboxylic acids is 1. The van der Waals surface area contributed by atoms with Crippen molar-refractivity contribution in [2.45, 2.75) is 39.3 Å². The Morgan fingerprint density at radius 1 is 1.41 bits per heavy atom. The Morgan fingerprint density at radius 3 is 2.29 bits per heavy atom.